The maximum absolute atomic E-state index is 11.8. The van der Waals surface area contributed by atoms with Gasteiger partial charge in [-0.05, 0) is 5.56 Å². The highest BCUT2D eigenvalue weighted by Crippen LogP contribution is 2.05. The maximum Gasteiger partial charge on any atom is 0.326 e. The molecule has 21 heavy (non-hydrogen) atoms. The summed E-state index contributed by atoms with van der Waals surface area (Å²) in [7, 11) is 1.72. The number of carboxylic acid groups (broad SMARTS) is 1. The Morgan fingerprint density at radius 1 is 1.33 bits per heavy atom. The standard InChI is InChI=1S/C14H16N4O3/c1-18-9-11(8-15-18)16-14(21)17-12(13(19)20)7-10-5-3-2-4-6-10/h2-6,8-9,12H,7H2,1H3,(H,19,20)(H2,16,17,21)/t12-/m1/s1. The number of nitrogens with zero attached hydrogens (tertiary/aromatic N) is 2. The number of hydrogen-bond donors (Lipinski definition) is 3. The summed E-state index contributed by atoms with van der Waals surface area (Å²) in [4.78, 5) is 23.0. The monoisotopic (exact) mass is 288 g/mol. The molecule has 1 aromatic heterocycles. The highest BCUT2D eigenvalue weighted by molar-refractivity contribution is 5.92. The molecule has 7 heteroatoms. The number of urea groups is 1. The van der Waals surface area contributed by atoms with E-state index < -0.39 is 18.0 Å². The van der Waals surface area contributed by atoms with Crippen molar-refractivity contribution in [1.82, 2.24) is 15.1 Å². The van der Waals surface area contributed by atoms with Crippen LogP contribution in [0.25, 0.3) is 0 Å². The van der Waals surface area contributed by atoms with E-state index >= 15 is 0 Å². The second-order valence-electron chi connectivity index (χ2n) is 4.58. The summed E-state index contributed by atoms with van der Waals surface area (Å²) in [5.41, 5.74) is 1.34. The number of aliphatic carboxylic acids is 1. The lowest BCUT2D eigenvalue weighted by Gasteiger charge is -2.14. The molecule has 3 N–H and O–H groups in total. The summed E-state index contributed by atoms with van der Waals surface area (Å²) >= 11 is 0. The van der Waals surface area contributed by atoms with Gasteiger partial charge in [-0.25, -0.2) is 9.59 Å². The van der Waals surface area contributed by atoms with Gasteiger partial charge >= 0.3 is 12.0 Å². The third-order valence-electron chi connectivity index (χ3n) is 2.85. The predicted octanol–water partition coefficient (Wildman–Crippen LogP) is 1.24. The molecule has 1 aromatic carbocycles. The molecule has 1 atom stereocenters. The van der Waals surface area contributed by atoms with Crippen LogP contribution in [-0.2, 0) is 18.3 Å². The molecule has 0 fully saturated rings. The zero-order chi connectivity index (χ0) is 15.2. The fourth-order valence-corrected chi connectivity index (χ4v) is 1.86. The van der Waals surface area contributed by atoms with Crippen LogP contribution in [0.3, 0.4) is 0 Å². The number of benzene rings is 1. The Hall–Kier alpha value is -2.83. The summed E-state index contributed by atoms with van der Waals surface area (Å²) in [6.07, 6.45) is 3.32. The van der Waals surface area contributed by atoms with Crippen molar-refractivity contribution in [1.29, 1.82) is 0 Å². The first-order valence-corrected chi connectivity index (χ1v) is 6.37. The third-order valence-corrected chi connectivity index (χ3v) is 2.85. The second kappa shape index (κ2) is 6.56. The Morgan fingerprint density at radius 2 is 2.05 bits per heavy atom. The van der Waals surface area contributed by atoms with Gasteiger partial charge in [-0.3, -0.25) is 4.68 Å². The smallest absolute Gasteiger partial charge is 0.326 e. The van der Waals surface area contributed by atoms with Crippen molar-refractivity contribution in [2.45, 2.75) is 12.5 Å². The number of amides is 2. The fraction of sp³-hybridized carbons (Fsp3) is 0.214. The SMILES string of the molecule is Cn1cc(NC(=O)N[C@H](Cc2ccccc2)C(=O)O)cn1. The Bertz CT molecular complexity index is 624. The van der Waals surface area contributed by atoms with E-state index in [0.717, 1.165) is 5.56 Å². The molecular weight excluding hydrogens is 272 g/mol. The molecule has 0 aliphatic heterocycles. The summed E-state index contributed by atoms with van der Waals surface area (Å²) in [6.45, 7) is 0. The van der Waals surface area contributed by atoms with Gasteiger partial charge in [0.05, 0.1) is 11.9 Å². The number of aryl methyl sites for hydroxylation is 1. The van der Waals surface area contributed by atoms with E-state index in [9.17, 15) is 14.7 Å². The Kier molecular flexibility index (Phi) is 4.55. The lowest BCUT2D eigenvalue weighted by molar-refractivity contribution is -0.139. The van der Waals surface area contributed by atoms with Crippen molar-refractivity contribution in [3.63, 3.8) is 0 Å². The molecule has 2 amide bonds. The highest BCUT2D eigenvalue weighted by atomic mass is 16.4. The van der Waals surface area contributed by atoms with Crippen LogP contribution in [0.2, 0.25) is 0 Å². The largest absolute Gasteiger partial charge is 0.480 e. The van der Waals surface area contributed by atoms with Gasteiger partial charge in [0.1, 0.15) is 6.04 Å². The van der Waals surface area contributed by atoms with Crippen LogP contribution in [0.4, 0.5) is 10.5 Å². The van der Waals surface area contributed by atoms with E-state index in [1.54, 1.807) is 13.2 Å². The van der Waals surface area contributed by atoms with Crippen molar-refractivity contribution >= 4 is 17.7 Å². The third kappa shape index (κ3) is 4.34. The van der Waals surface area contributed by atoms with E-state index in [1.807, 2.05) is 30.3 Å². The maximum atomic E-state index is 11.8. The van der Waals surface area contributed by atoms with Gasteiger partial charge in [-0.2, -0.15) is 5.10 Å². The van der Waals surface area contributed by atoms with Crippen molar-refractivity contribution in [2.24, 2.45) is 7.05 Å². The van der Waals surface area contributed by atoms with Crippen LogP contribution >= 0.6 is 0 Å². The Labute approximate surface area is 121 Å². The fourth-order valence-electron chi connectivity index (χ4n) is 1.86. The number of carbonyl (C=O) groups excluding carboxylic acids is 1. The second-order valence-corrected chi connectivity index (χ2v) is 4.58. The van der Waals surface area contributed by atoms with Crippen LogP contribution in [0.15, 0.2) is 42.7 Å². The number of rotatable bonds is 5. The number of carbonyl (C=O) groups is 2. The van der Waals surface area contributed by atoms with Crippen molar-refractivity contribution in [2.75, 3.05) is 5.32 Å². The average Bonchev–Trinajstić information content (AvgIpc) is 2.84. The molecule has 0 radical (unpaired) electrons. The summed E-state index contributed by atoms with van der Waals surface area (Å²) in [5, 5.41) is 18.1. The zero-order valence-corrected chi connectivity index (χ0v) is 11.5. The van der Waals surface area contributed by atoms with E-state index in [2.05, 4.69) is 15.7 Å². The number of nitrogens with one attached hydrogen (secondary N) is 2. The van der Waals surface area contributed by atoms with E-state index in [0.29, 0.717) is 5.69 Å². The molecule has 1 heterocycles. The molecule has 2 rings (SSSR count). The Morgan fingerprint density at radius 3 is 2.62 bits per heavy atom. The zero-order valence-electron chi connectivity index (χ0n) is 11.5. The molecule has 0 aliphatic carbocycles. The lowest BCUT2D eigenvalue weighted by atomic mass is 10.1. The van der Waals surface area contributed by atoms with Gasteiger partial charge in [0, 0.05) is 19.7 Å². The van der Waals surface area contributed by atoms with Gasteiger partial charge in [0.15, 0.2) is 0 Å². The molecule has 0 saturated carbocycles. The minimum Gasteiger partial charge on any atom is -0.480 e. The molecule has 0 bridgehead atoms. The lowest BCUT2D eigenvalue weighted by Crippen LogP contribution is -2.44. The molecule has 0 aliphatic rings. The number of anilines is 1. The summed E-state index contributed by atoms with van der Waals surface area (Å²) in [5.74, 6) is -1.08. The number of carboxylic acids is 1. The molecule has 110 valence electrons. The van der Waals surface area contributed by atoms with E-state index in [4.69, 9.17) is 0 Å². The van der Waals surface area contributed by atoms with Crippen LogP contribution in [0, 0.1) is 0 Å². The van der Waals surface area contributed by atoms with Gasteiger partial charge in [-0.1, -0.05) is 30.3 Å². The highest BCUT2D eigenvalue weighted by Gasteiger charge is 2.20. The molecule has 0 unspecified atom stereocenters. The molecule has 2 aromatic rings. The first-order chi connectivity index (χ1) is 10.0. The van der Waals surface area contributed by atoms with Crippen LogP contribution < -0.4 is 10.6 Å². The molecule has 0 spiro atoms. The number of aromatic nitrogens is 2. The van der Waals surface area contributed by atoms with Gasteiger partial charge in [-0.15, -0.1) is 0 Å². The van der Waals surface area contributed by atoms with E-state index in [1.165, 1.54) is 10.9 Å². The minimum atomic E-state index is -1.08. The Balaban J connectivity index is 1.96. The normalized spacial score (nSPS) is 11.7. The van der Waals surface area contributed by atoms with Crippen LogP contribution in [0.1, 0.15) is 5.56 Å². The van der Waals surface area contributed by atoms with Crippen molar-refractivity contribution in [3.8, 4) is 0 Å². The molecular formula is C14H16N4O3. The van der Waals surface area contributed by atoms with Gasteiger partial charge in [0.2, 0.25) is 0 Å². The van der Waals surface area contributed by atoms with Gasteiger partial charge < -0.3 is 15.7 Å². The van der Waals surface area contributed by atoms with E-state index in [-0.39, 0.29) is 6.42 Å². The summed E-state index contributed by atoms with van der Waals surface area (Å²) < 4.78 is 1.54. The molecule has 7 nitrogen and oxygen atoms in total. The number of hydrogen-bond acceptors (Lipinski definition) is 3. The van der Waals surface area contributed by atoms with Crippen LogP contribution in [0.5, 0.6) is 0 Å². The topological polar surface area (TPSA) is 96.2 Å². The first kappa shape index (κ1) is 14.6. The van der Waals surface area contributed by atoms with Gasteiger partial charge in [0.25, 0.3) is 0 Å². The van der Waals surface area contributed by atoms with Crippen molar-refractivity contribution in [3.05, 3.63) is 48.3 Å². The summed E-state index contributed by atoms with van der Waals surface area (Å²) in [6, 6.07) is 7.55. The predicted molar refractivity (Wildman–Crippen MR) is 76.9 cm³/mol. The first-order valence-electron chi connectivity index (χ1n) is 6.37. The quantitative estimate of drug-likeness (QED) is 0.771. The molecule has 0 saturated heterocycles. The average molecular weight is 288 g/mol. The van der Waals surface area contributed by atoms with Crippen LogP contribution in [-0.4, -0.2) is 32.9 Å². The minimum absolute atomic E-state index is 0.219. The van der Waals surface area contributed by atoms with Crippen molar-refractivity contribution < 1.29 is 14.7 Å².